The van der Waals surface area contributed by atoms with Gasteiger partial charge < -0.3 is 0 Å². The van der Waals surface area contributed by atoms with Crippen LogP contribution in [0.5, 0.6) is 0 Å². The molecular formula is C12H10BrN3O4S. The van der Waals surface area contributed by atoms with Gasteiger partial charge in [-0.05, 0) is 46.6 Å². The molecule has 1 N–H and O–H groups in total. The number of nitrogens with zero attached hydrogens (tertiary/aromatic N) is 2. The van der Waals surface area contributed by atoms with E-state index in [1.165, 1.54) is 25.3 Å². The Morgan fingerprint density at radius 1 is 1.29 bits per heavy atom. The third-order valence-corrected chi connectivity index (χ3v) is 4.65. The molecule has 0 aliphatic heterocycles. The Hall–Kier alpha value is -2.00. The van der Waals surface area contributed by atoms with Crippen LogP contribution in [0.1, 0.15) is 5.56 Å². The molecule has 0 unspecified atom stereocenters. The molecule has 0 atom stereocenters. The number of nitro groups is 1. The average Bonchev–Trinajstić information content (AvgIpc) is 2.40. The van der Waals surface area contributed by atoms with Crippen molar-refractivity contribution in [2.24, 2.45) is 0 Å². The number of sulfonamides is 1. The molecule has 110 valence electrons. The van der Waals surface area contributed by atoms with E-state index in [1.807, 2.05) is 0 Å². The van der Waals surface area contributed by atoms with Gasteiger partial charge in [-0.1, -0.05) is 0 Å². The van der Waals surface area contributed by atoms with Crippen LogP contribution >= 0.6 is 15.9 Å². The van der Waals surface area contributed by atoms with Gasteiger partial charge in [0.25, 0.3) is 15.7 Å². The van der Waals surface area contributed by atoms with Crippen LogP contribution in [0.25, 0.3) is 0 Å². The number of halogens is 1. The predicted octanol–water partition coefficient (Wildman–Crippen LogP) is 2.86. The first-order chi connectivity index (χ1) is 9.79. The summed E-state index contributed by atoms with van der Waals surface area (Å²) in [7, 11) is -3.83. The largest absolute Gasteiger partial charge is 0.278 e. The van der Waals surface area contributed by atoms with Crippen molar-refractivity contribution >= 4 is 37.3 Å². The molecule has 0 fully saturated rings. The third-order valence-electron chi connectivity index (χ3n) is 2.64. The fourth-order valence-corrected chi connectivity index (χ4v) is 3.20. The van der Waals surface area contributed by atoms with Crippen LogP contribution < -0.4 is 4.72 Å². The van der Waals surface area contributed by atoms with Gasteiger partial charge in [-0.3, -0.25) is 14.8 Å². The first-order valence-corrected chi connectivity index (χ1v) is 7.96. The lowest BCUT2D eigenvalue weighted by molar-refractivity contribution is -0.385. The number of nitro benzene ring substituents is 1. The van der Waals surface area contributed by atoms with E-state index in [0.29, 0.717) is 15.9 Å². The second kappa shape index (κ2) is 5.78. The van der Waals surface area contributed by atoms with Crippen molar-refractivity contribution in [1.29, 1.82) is 0 Å². The zero-order valence-electron chi connectivity index (χ0n) is 10.8. The quantitative estimate of drug-likeness (QED) is 0.505. The van der Waals surface area contributed by atoms with E-state index in [2.05, 4.69) is 25.6 Å². The Morgan fingerprint density at radius 3 is 2.52 bits per heavy atom. The fourth-order valence-electron chi connectivity index (χ4n) is 1.69. The number of aromatic nitrogens is 1. The number of nitrogens with one attached hydrogen (secondary N) is 1. The average molecular weight is 372 g/mol. The maximum absolute atomic E-state index is 12.3. The highest BCUT2D eigenvalue weighted by Gasteiger charge is 2.19. The van der Waals surface area contributed by atoms with Gasteiger partial charge in [0.2, 0.25) is 0 Å². The molecule has 0 aliphatic carbocycles. The molecule has 0 aliphatic rings. The van der Waals surface area contributed by atoms with Crippen molar-refractivity contribution in [2.45, 2.75) is 11.8 Å². The van der Waals surface area contributed by atoms with E-state index in [0.717, 1.165) is 6.07 Å². The number of benzene rings is 1. The molecule has 21 heavy (non-hydrogen) atoms. The maximum atomic E-state index is 12.3. The summed E-state index contributed by atoms with van der Waals surface area (Å²) in [4.78, 5) is 14.0. The number of hydrogen-bond donors (Lipinski definition) is 1. The van der Waals surface area contributed by atoms with Crippen molar-refractivity contribution in [3.8, 4) is 0 Å². The highest BCUT2D eigenvalue weighted by atomic mass is 79.9. The minimum atomic E-state index is -3.83. The normalized spacial score (nSPS) is 11.1. The van der Waals surface area contributed by atoms with E-state index in [4.69, 9.17) is 0 Å². The Kier molecular flexibility index (Phi) is 4.24. The first-order valence-electron chi connectivity index (χ1n) is 5.69. The minimum absolute atomic E-state index is 0.0176. The first kappa shape index (κ1) is 15.4. The second-order valence-corrected chi connectivity index (χ2v) is 6.65. The van der Waals surface area contributed by atoms with Gasteiger partial charge in [0.1, 0.15) is 4.60 Å². The van der Waals surface area contributed by atoms with Crippen molar-refractivity contribution in [1.82, 2.24) is 4.98 Å². The summed E-state index contributed by atoms with van der Waals surface area (Å²) in [5.41, 5.74) is 0.439. The van der Waals surface area contributed by atoms with E-state index in [9.17, 15) is 18.5 Å². The Balaban J connectivity index is 2.35. The van der Waals surface area contributed by atoms with E-state index in [1.54, 1.807) is 12.1 Å². The van der Waals surface area contributed by atoms with Gasteiger partial charge in [0.05, 0.1) is 21.7 Å². The van der Waals surface area contributed by atoms with Crippen LogP contribution in [-0.2, 0) is 10.0 Å². The van der Waals surface area contributed by atoms with Crippen LogP contribution in [-0.4, -0.2) is 18.3 Å². The van der Waals surface area contributed by atoms with Crippen molar-refractivity contribution in [3.05, 3.63) is 56.8 Å². The lowest BCUT2D eigenvalue weighted by Gasteiger charge is -2.10. The number of non-ortho nitro benzene ring substituents is 1. The molecule has 0 bridgehead atoms. The highest BCUT2D eigenvalue weighted by molar-refractivity contribution is 9.10. The Labute approximate surface area is 129 Å². The monoisotopic (exact) mass is 371 g/mol. The van der Waals surface area contributed by atoms with E-state index in [-0.39, 0.29) is 10.6 Å². The van der Waals surface area contributed by atoms with Crippen molar-refractivity contribution in [2.75, 3.05) is 4.72 Å². The summed E-state index contributed by atoms with van der Waals surface area (Å²) < 4.78 is 27.5. The van der Waals surface area contributed by atoms with Gasteiger partial charge in [-0.2, -0.15) is 0 Å². The van der Waals surface area contributed by atoms with Crippen LogP contribution in [0.15, 0.2) is 46.0 Å². The van der Waals surface area contributed by atoms with Gasteiger partial charge in [-0.15, -0.1) is 0 Å². The van der Waals surface area contributed by atoms with Gasteiger partial charge >= 0.3 is 0 Å². The summed E-state index contributed by atoms with van der Waals surface area (Å²) in [6, 6.07) is 6.73. The zero-order valence-corrected chi connectivity index (χ0v) is 13.2. The summed E-state index contributed by atoms with van der Waals surface area (Å²) >= 11 is 3.15. The van der Waals surface area contributed by atoms with Gasteiger partial charge in [0, 0.05) is 12.1 Å². The smallest absolute Gasteiger partial charge is 0.269 e. The molecule has 7 nitrogen and oxygen atoms in total. The van der Waals surface area contributed by atoms with E-state index >= 15 is 0 Å². The Morgan fingerprint density at radius 2 is 2.00 bits per heavy atom. The standard InChI is InChI=1S/C12H10BrN3O4S/c1-8-6-10(16(17)18)3-4-11(8)21(19,20)15-9-2-5-12(13)14-7-9/h2-7,15H,1H3. The SMILES string of the molecule is Cc1cc([N+](=O)[O-])ccc1S(=O)(=O)Nc1ccc(Br)nc1. The molecule has 1 aromatic carbocycles. The second-order valence-electron chi connectivity index (χ2n) is 4.18. The lowest BCUT2D eigenvalue weighted by Crippen LogP contribution is -2.14. The van der Waals surface area contributed by atoms with Crippen molar-refractivity contribution < 1.29 is 13.3 Å². The molecule has 1 heterocycles. The third kappa shape index (κ3) is 3.56. The number of pyridine rings is 1. The summed E-state index contributed by atoms with van der Waals surface area (Å²) in [6.07, 6.45) is 1.36. The Bertz CT molecular complexity index is 791. The number of anilines is 1. The number of aryl methyl sites for hydroxylation is 1. The number of hydrogen-bond acceptors (Lipinski definition) is 5. The van der Waals surface area contributed by atoms with Crippen molar-refractivity contribution in [3.63, 3.8) is 0 Å². The molecule has 9 heteroatoms. The maximum Gasteiger partial charge on any atom is 0.269 e. The minimum Gasteiger partial charge on any atom is -0.278 e. The number of rotatable bonds is 4. The molecule has 2 rings (SSSR count). The molecule has 0 radical (unpaired) electrons. The van der Waals surface area contributed by atoms with Gasteiger partial charge in [-0.25, -0.2) is 13.4 Å². The zero-order chi connectivity index (χ0) is 15.6. The van der Waals surface area contributed by atoms with Crippen LogP contribution in [0.3, 0.4) is 0 Å². The predicted molar refractivity (Wildman–Crippen MR) is 80.6 cm³/mol. The molecular weight excluding hydrogens is 362 g/mol. The molecule has 0 amide bonds. The molecule has 0 saturated heterocycles. The topological polar surface area (TPSA) is 102 Å². The summed E-state index contributed by atoms with van der Waals surface area (Å²) in [5.74, 6) is 0. The lowest BCUT2D eigenvalue weighted by atomic mass is 10.2. The van der Waals surface area contributed by atoms with Crippen LogP contribution in [0, 0.1) is 17.0 Å². The molecule has 1 aromatic heterocycles. The van der Waals surface area contributed by atoms with Crippen LogP contribution in [0.4, 0.5) is 11.4 Å². The summed E-state index contributed by atoms with van der Waals surface area (Å²) in [6.45, 7) is 1.50. The van der Waals surface area contributed by atoms with Gasteiger partial charge in [0.15, 0.2) is 0 Å². The van der Waals surface area contributed by atoms with E-state index < -0.39 is 14.9 Å². The van der Waals surface area contributed by atoms with Crippen LogP contribution in [0.2, 0.25) is 0 Å². The highest BCUT2D eigenvalue weighted by Crippen LogP contribution is 2.23. The fraction of sp³-hybridized carbons (Fsp3) is 0.0833. The summed E-state index contributed by atoms with van der Waals surface area (Å²) in [5, 5.41) is 10.7. The molecule has 2 aromatic rings. The molecule has 0 spiro atoms. The molecule has 0 saturated carbocycles.